The molecule has 24 heavy (non-hydrogen) atoms. The van der Waals surface area contributed by atoms with E-state index < -0.39 is 5.41 Å². The van der Waals surface area contributed by atoms with Crippen LogP contribution >= 0.6 is 0 Å². The second-order valence-corrected chi connectivity index (χ2v) is 6.51. The molecular weight excluding hydrogens is 300 g/mol. The van der Waals surface area contributed by atoms with E-state index in [1.54, 1.807) is 6.20 Å². The van der Waals surface area contributed by atoms with E-state index in [0.29, 0.717) is 26.1 Å². The Labute approximate surface area is 143 Å². The van der Waals surface area contributed by atoms with Crippen molar-refractivity contribution in [3.63, 3.8) is 0 Å². The first-order valence-electron chi connectivity index (χ1n) is 8.49. The maximum Gasteiger partial charge on any atom is 0.231 e. The summed E-state index contributed by atoms with van der Waals surface area (Å²) in [5, 5.41) is 3.16. The Morgan fingerprint density at radius 2 is 1.88 bits per heavy atom. The molecule has 0 bridgehead atoms. The van der Waals surface area contributed by atoms with Crippen LogP contribution in [0.15, 0.2) is 48.7 Å². The van der Waals surface area contributed by atoms with Gasteiger partial charge in [-0.3, -0.25) is 9.78 Å². The number of carbonyl (C=O) groups excluding carboxylic acids is 1. The van der Waals surface area contributed by atoms with Gasteiger partial charge in [0, 0.05) is 19.4 Å². The molecule has 1 fully saturated rings. The van der Waals surface area contributed by atoms with Gasteiger partial charge in [0.2, 0.25) is 5.91 Å². The fraction of sp³-hybridized carbons (Fsp3) is 0.400. The number of amides is 1. The molecule has 126 valence electrons. The van der Waals surface area contributed by atoms with Gasteiger partial charge in [-0.05, 0) is 44.4 Å². The highest BCUT2D eigenvalue weighted by atomic mass is 16.5. The molecule has 1 aliphatic rings. The van der Waals surface area contributed by atoms with Gasteiger partial charge in [-0.2, -0.15) is 0 Å². The number of aryl methyl sites for hydroxylation is 1. The normalized spacial score (nSPS) is 17.9. The second kappa shape index (κ2) is 7.14. The van der Waals surface area contributed by atoms with Crippen LogP contribution in [0.1, 0.15) is 42.6 Å². The smallest absolute Gasteiger partial charge is 0.231 e. The molecule has 4 heteroatoms. The standard InChI is InChI=1S/C20H24N2O2/c1-15-6-8-17(9-7-15)20(10-13-24-14-11-20)19(23)22-16(2)18-5-3-4-12-21-18/h3-9,12,16H,10-11,13-14H2,1-2H3,(H,22,23). The van der Waals surface area contributed by atoms with Gasteiger partial charge in [0.1, 0.15) is 0 Å². The lowest BCUT2D eigenvalue weighted by Gasteiger charge is -2.37. The summed E-state index contributed by atoms with van der Waals surface area (Å²) in [7, 11) is 0. The molecule has 4 nitrogen and oxygen atoms in total. The molecule has 1 aliphatic heterocycles. The summed E-state index contributed by atoms with van der Waals surface area (Å²) in [5.41, 5.74) is 2.62. The average Bonchev–Trinajstić information content (AvgIpc) is 2.63. The van der Waals surface area contributed by atoms with E-state index in [1.165, 1.54) is 5.56 Å². The summed E-state index contributed by atoms with van der Waals surface area (Å²) in [6, 6.07) is 13.9. The van der Waals surface area contributed by atoms with Crippen molar-refractivity contribution in [1.82, 2.24) is 10.3 Å². The van der Waals surface area contributed by atoms with E-state index in [-0.39, 0.29) is 11.9 Å². The Bertz CT molecular complexity index is 677. The zero-order chi connectivity index (χ0) is 17.0. The van der Waals surface area contributed by atoms with Crippen molar-refractivity contribution in [2.75, 3.05) is 13.2 Å². The van der Waals surface area contributed by atoms with Crippen molar-refractivity contribution in [3.8, 4) is 0 Å². The SMILES string of the molecule is Cc1ccc(C2(C(=O)NC(C)c3ccccn3)CCOCC2)cc1. The van der Waals surface area contributed by atoms with Gasteiger partial charge in [0.05, 0.1) is 17.2 Å². The average molecular weight is 324 g/mol. The van der Waals surface area contributed by atoms with Crippen LogP contribution in [-0.4, -0.2) is 24.1 Å². The van der Waals surface area contributed by atoms with Gasteiger partial charge in [0.15, 0.2) is 0 Å². The topological polar surface area (TPSA) is 51.2 Å². The third kappa shape index (κ3) is 3.34. The second-order valence-electron chi connectivity index (χ2n) is 6.51. The minimum atomic E-state index is -0.519. The maximum atomic E-state index is 13.2. The molecule has 1 aromatic carbocycles. The molecule has 1 aromatic heterocycles. The fourth-order valence-electron chi connectivity index (χ4n) is 3.28. The number of hydrogen-bond acceptors (Lipinski definition) is 3. The largest absolute Gasteiger partial charge is 0.381 e. The molecule has 0 spiro atoms. The number of nitrogens with zero attached hydrogens (tertiary/aromatic N) is 1. The summed E-state index contributed by atoms with van der Waals surface area (Å²) in [4.78, 5) is 17.5. The highest BCUT2D eigenvalue weighted by Crippen LogP contribution is 2.36. The van der Waals surface area contributed by atoms with Crippen molar-refractivity contribution < 1.29 is 9.53 Å². The van der Waals surface area contributed by atoms with E-state index in [2.05, 4.69) is 41.5 Å². The number of rotatable bonds is 4. The van der Waals surface area contributed by atoms with Crippen molar-refractivity contribution in [2.24, 2.45) is 0 Å². The molecule has 0 aliphatic carbocycles. The van der Waals surface area contributed by atoms with Crippen LogP contribution in [-0.2, 0) is 14.9 Å². The number of pyridine rings is 1. The van der Waals surface area contributed by atoms with E-state index in [9.17, 15) is 4.79 Å². The Hall–Kier alpha value is -2.20. The quantitative estimate of drug-likeness (QED) is 0.938. The molecule has 2 heterocycles. The van der Waals surface area contributed by atoms with Gasteiger partial charge in [-0.1, -0.05) is 35.9 Å². The van der Waals surface area contributed by atoms with E-state index in [0.717, 1.165) is 11.3 Å². The number of benzene rings is 1. The van der Waals surface area contributed by atoms with Crippen LogP contribution in [0.3, 0.4) is 0 Å². The van der Waals surface area contributed by atoms with Gasteiger partial charge < -0.3 is 10.1 Å². The van der Waals surface area contributed by atoms with Crippen molar-refractivity contribution in [1.29, 1.82) is 0 Å². The first-order valence-corrected chi connectivity index (χ1v) is 8.49. The molecule has 1 atom stereocenters. The lowest BCUT2D eigenvalue weighted by atomic mass is 9.73. The van der Waals surface area contributed by atoms with Gasteiger partial charge in [0.25, 0.3) is 0 Å². The summed E-state index contributed by atoms with van der Waals surface area (Å²) in [5.74, 6) is 0.0628. The molecule has 2 aromatic rings. The summed E-state index contributed by atoms with van der Waals surface area (Å²) >= 11 is 0. The Kier molecular flexibility index (Phi) is 4.95. The minimum Gasteiger partial charge on any atom is -0.381 e. The van der Waals surface area contributed by atoms with Gasteiger partial charge in [-0.25, -0.2) is 0 Å². The summed E-state index contributed by atoms with van der Waals surface area (Å²) in [6.45, 7) is 5.25. The highest BCUT2D eigenvalue weighted by molar-refractivity contribution is 5.88. The predicted octanol–water partition coefficient (Wildman–Crippen LogP) is 3.32. The van der Waals surface area contributed by atoms with Crippen molar-refractivity contribution >= 4 is 5.91 Å². The zero-order valence-electron chi connectivity index (χ0n) is 14.3. The molecule has 0 saturated carbocycles. The van der Waals surface area contributed by atoms with Crippen LogP contribution in [0, 0.1) is 6.92 Å². The van der Waals surface area contributed by atoms with Crippen LogP contribution in [0.25, 0.3) is 0 Å². The highest BCUT2D eigenvalue weighted by Gasteiger charge is 2.42. The Balaban J connectivity index is 1.85. The van der Waals surface area contributed by atoms with Gasteiger partial charge >= 0.3 is 0 Å². The van der Waals surface area contributed by atoms with Gasteiger partial charge in [-0.15, -0.1) is 0 Å². The van der Waals surface area contributed by atoms with Crippen LogP contribution in [0.2, 0.25) is 0 Å². The van der Waals surface area contributed by atoms with Crippen LogP contribution in [0.4, 0.5) is 0 Å². The molecular formula is C20H24N2O2. The third-order valence-electron chi connectivity index (χ3n) is 4.86. The minimum absolute atomic E-state index is 0.0628. The first-order chi connectivity index (χ1) is 11.6. The summed E-state index contributed by atoms with van der Waals surface area (Å²) in [6.07, 6.45) is 3.16. The van der Waals surface area contributed by atoms with Crippen molar-refractivity contribution in [3.05, 3.63) is 65.5 Å². The fourth-order valence-corrected chi connectivity index (χ4v) is 3.28. The van der Waals surface area contributed by atoms with E-state index in [1.807, 2.05) is 25.1 Å². The van der Waals surface area contributed by atoms with Crippen molar-refractivity contribution in [2.45, 2.75) is 38.1 Å². The predicted molar refractivity (Wildman–Crippen MR) is 93.7 cm³/mol. The van der Waals surface area contributed by atoms with E-state index in [4.69, 9.17) is 4.74 Å². The molecule has 1 unspecified atom stereocenters. The third-order valence-corrected chi connectivity index (χ3v) is 4.86. The lowest BCUT2D eigenvalue weighted by molar-refractivity contribution is -0.131. The maximum absolute atomic E-state index is 13.2. The molecule has 1 N–H and O–H groups in total. The van der Waals surface area contributed by atoms with E-state index >= 15 is 0 Å². The lowest BCUT2D eigenvalue weighted by Crippen LogP contribution is -2.48. The Morgan fingerprint density at radius 1 is 1.17 bits per heavy atom. The number of aromatic nitrogens is 1. The molecule has 1 saturated heterocycles. The van der Waals surface area contributed by atoms with Crippen LogP contribution < -0.4 is 5.32 Å². The zero-order valence-corrected chi connectivity index (χ0v) is 14.3. The molecule has 0 radical (unpaired) electrons. The number of carbonyl (C=O) groups is 1. The number of nitrogens with one attached hydrogen (secondary N) is 1. The molecule has 3 rings (SSSR count). The van der Waals surface area contributed by atoms with Crippen LogP contribution in [0.5, 0.6) is 0 Å². The Morgan fingerprint density at radius 3 is 2.50 bits per heavy atom. The summed E-state index contributed by atoms with van der Waals surface area (Å²) < 4.78 is 5.52. The number of ether oxygens (including phenoxy) is 1. The first kappa shape index (κ1) is 16.7. The molecule has 1 amide bonds. The monoisotopic (exact) mass is 324 g/mol. The number of hydrogen-bond donors (Lipinski definition) is 1.